The van der Waals surface area contributed by atoms with Gasteiger partial charge in [-0.3, -0.25) is 0 Å². The van der Waals surface area contributed by atoms with E-state index in [0.29, 0.717) is 5.89 Å². The van der Waals surface area contributed by atoms with E-state index in [-0.39, 0.29) is 0 Å². The Morgan fingerprint density at radius 3 is 2.24 bits per heavy atom. The Kier molecular flexibility index (Phi) is 6.43. The zero-order valence-corrected chi connectivity index (χ0v) is 29.8. The van der Waals surface area contributed by atoms with Gasteiger partial charge < -0.3 is 13.4 Å². The molecule has 258 valence electrons. The molecule has 0 spiro atoms. The summed E-state index contributed by atoms with van der Waals surface area (Å²) >= 11 is 0. The van der Waals surface area contributed by atoms with Gasteiger partial charge in [0.05, 0.1) is 16.4 Å². The Morgan fingerprint density at radius 2 is 1.33 bits per heavy atom. The number of nitrogens with zero attached hydrogens (tertiary/aromatic N) is 2. The Bertz CT molecular complexity index is 3360. The number of rotatable bonds is 4. The molecule has 3 heterocycles. The van der Waals surface area contributed by atoms with Gasteiger partial charge in [0.1, 0.15) is 16.7 Å². The second-order valence-corrected chi connectivity index (χ2v) is 14.6. The molecule has 0 unspecified atom stereocenters. The second-order valence-electron chi connectivity index (χ2n) is 14.6. The van der Waals surface area contributed by atoms with E-state index < -0.39 is 0 Å². The highest BCUT2D eigenvalue weighted by Gasteiger charge is 2.22. The maximum absolute atomic E-state index is 6.76. The van der Waals surface area contributed by atoms with Crippen LogP contribution in [0.2, 0.25) is 0 Å². The van der Waals surface area contributed by atoms with E-state index in [4.69, 9.17) is 13.8 Å². The smallest absolute Gasteiger partial charge is 0.227 e. The molecule has 4 heteroatoms. The molecule has 8 aromatic carbocycles. The normalized spacial score (nSPS) is 12.9. The van der Waals surface area contributed by atoms with Crippen LogP contribution >= 0.6 is 0 Å². The molecule has 0 amide bonds. The summed E-state index contributed by atoms with van der Waals surface area (Å²) in [5.41, 5.74) is 14.9. The number of oxazole rings is 1. The average Bonchev–Trinajstić information content (AvgIpc) is 3.95. The third kappa shape index (κ3) is 4.61. The Labute approximate surface area is 316 Å². The standard InChI is InChI=1S/C51H32N2O2/c1-2-13-38(14-3-1)53-44-27-25-36(29-43(44)40-26-24-33-11-6-7-15-39(33)49(40)53)32-18-21-34(22-19-32)51-52-48-47-41-16-8-9-17-45(41)54-46(47)30-42(50(48)55-51)37-23-20-31-10-4-5-12-35(31)28-37/h1-5,7-10,12-30H,6,11H2. The van der Waals surface area contributed by atoms with E-state index in [1.165, 1.54) is 55.0 Å². The van der Waals surface area contributed by atoms with Crippen LogP contribution in [-0.4, -0.2) is 9.55 Å². The van der Waals surface area contributed by atoms with Crippen LogP contribution in [0.15, 0.2) is 173 Å². The van der Waals surface area contributed by atoms with E-state index in [0.717, 1.165) is 68.1 Å². The van der Waals surface area contributed by atoms with E-state index in [1.54, 1.807) is 0 Å². The molecule has 3 aromatic heterocycles. The predicted octanol–water partition coefficient (Wildman–Crippen LogP) is 13.9. The number of hydrogen-bond donors (Lipinski definition) is 0. The van der Waals surface area contributed by atoms with E-state index >= 15 is 0 Å². The van der Waals surface area contributed by atoms with Crippen molar-refractivity contribution in [3.05, 3.63) is 175 Å². The van der Waals surface area contributed by atoms with Crippen LogP contribution in [0, 0.1) is 0 Å². The number of aryl methyl sites for hydroxylation is 1. The van der Waals surface area contributed by atoms with Gasteiger partial charge in [-0.05, 0) is 100 Å². The van der Waals surface area contributed by atoms with Gasteiger partial charge >= 0.3 is 0 Å². The molecule has 0 radical (unpaired) electrons. The minimum Gasteiger partial charge on any atom is -0.456 e. The SMILES string of the molecule is C1=Cc2c(ccc3c4cc(-c5ccc(-c6nc7c(o6)c(-c6ccc8ccccc8c6)cc6oc8ccccc8c67)cc5)ccc4n(-c4ccccc4)c23)CC1. The summed E-state index contributed by atoms with van der Waals surface area (Å²) in [5, 5.41) is 6.90. The molecule has 11 aromatic rings. The number of allylic oxidation sites excluding steroid dienone is 1. The van der Waals surface area contributed by atoms with Gasteiger partial charge in [-0.25, -0.2) is 4.98 Å². The van der Waals surface area contributed by atoms with Gasteiger partial charge in [0.15, 0.2) is 5.58 Å². The molecule has 0 saturated carbocycles. The number of furan rings is 1. The maximum Gasteiger partial charge on any atom is 0.227 e. The van der Waals surface area contributed by atoms with Crippen LogP contribution < -0.4 is 0 Å². The third-order valence-corrected chi connectivity index (χ3v) is 11.5. The van der Waals surface area contributed by atoms with Crippen molar-refractivity contribution in [2.75, 3.05) is 0 Å². The molecule has 55 heavy (non-hydrogen) atoms. The molecule has 0 saturated heterocycles. The average molecular weight is 705 g/mol. The first-order chi connectivity index (χ1) is 27.2. The number of fused-ring (bicyclic) bond motifs is 11. The zero-order valence-electron chi connectivity index (χ0n) is 29.8. The van der Waals surface area contributed by atoms with Gasteiger partial charge in [0.25, 0.3) is 0 Å². The first kappa shape index (κ1) is 30.3. The summed E-state index contributed by atoms with van der Waals surface area (Å²) in [5.74, 6) is 0.584. The van der Waals surface area contributed by atoms with Gasteiger partial charge in [0.2, 0.25) is 5.89 Å². The second kappa shape index (κ2) is 11.7. The van der Waals surface area contributed by atoms with Crippen LogP contribution in [0.5, 0.6) is 0 Å². The van der Waals surface area contributed by atoms with Gasteiger partial charge in [-0.1, -0.05) is 115 Å². The van der Waals surface area contributed by atoms with Gasteiger partial charge in [0, 0.05) is 38.5 Å². The van der Waals surface area contributed by atoms with Crippen LogP contribution in [0.25, 0.3) is 111 Å². The van der Waals surface area contributed by atoms with E-state index in [2.05, 4.69) is 156 Å². The largest absolute Gasteiger partial charge is 0.456 e. The quantitative estimate of drug-likeness (QED) is 0.183. The van der Waals surface area contributed by atoms with Crippen LogP contribution in [0.1, 0.15) is 17.5 Å². The highest BCUT2D eigenvalue weighted by Crippen LogP contribution is 2.43. The molecule has 0 aliphatic heterocycles. The molecule has 12 rings (SSSR count). The number of aromatic nitrogens is 2. The monoisotopic (exact) mass is 704 g/mol. The fourth-order valence-corrected chi connectivity index (χ4v) is 8.82. The van der Waals surface area contributed by atoms with Crippen molar-refractivity contribution in [3.63, 3.8) is 0 Å². The summed E-state index contributed by atoms with van der Waals surface area (Å²) in [6.45, 7) is 0. The highest BCUT2D eigenvalue weighted by atomic mass is 16.4. The fourth-order valence-electron chi connectivity index (χ4n) is 8.82. The fraction of sp³-hybridized carbons (Fsp3) is 0.0392. The van der Waals surface area contributed by atoms with Crippen LogP contribution in [0.3, 0.4) is 0 Å². The summed E-state index contributed by atoms with van der Waals surface area (Å²) in [4.78, 5) is 5.19. The molecule has 0 N–H and O–H groups in total. The molecule has 0 bridgehead atoms. The maximum atomic E-state index is 6.76. The summed E-state index contributed by atoms with van der Waals surface area (Å²) in [7, 11) is 0. The summed E-state index contributed by atoms with van der Waals surface area (Å²) < 4.78 is 15.6. The number of benzene rings is 8. The molecular weight excluding hydrogens is 673 g/mol. The minimum absolute atomic E-state index is 0.584. The van der Waals surface area contributed by atoms with Crippen molar-refractivity contribution in [1.82, 2.24) is 9.55 Å². The van der Waals surface area contributed by atoms with Gasteiger partial charge in [-0.15, -0.1) is 0 Å². The minimum atomic E-state index is 0.584. The Balaban J connectivity index is 0.996. The van der Waals surface area contributed by atoms with Crippen molar-refractivity contribution in [2.24, 2.45) is 0 Å². The first-order valence-electron chi connectivity index (χ1n) is 18.9. The molecule has 0 fully saturated rings. The summed E-state index contributed by atoms with van der Waals surface area (Å²) in [6.07, 6.45) is 6.78. The lowest BCUT2D eigenvalue weighted by Gasteiger charge is -2.15. The van der Waals surface area contributed by atoms with E-state index in [9.17, 15) is 0 Å². The van der Waals surface area contributed by atoms with Crippen molar-refractivity contribution in [1.29, 1.82) is 0 Å². The number of para-hydroxylation sites is 2. The lowest BCUT2D eigenvalue weighted by atomic mass is 9.94. The Hall–Kier alpha value is -7.17. The number of hydrogen-bond acceptors (Lipinski definition) is 3. The molecule has 0 atom stereocenters. The molecule has 4 nitrogen and oxygen atoms in total. The molecule has 1 aliphatic carbocycles. The topological polar surface area (TPSA) is 44.1 Å². The zero-order chi connectivity index (χ0) is 36.0. The third-order valence-electron chi connectivity index (χ3n) is 11.5. The Morgan fingerprint density at radius 1 is 0.545 bits per heavy atom. The van der Waals surface area contributed by atoms with Crippen molar-refractivity contribution >= 4 is 71.7 Å². The molecule has 1 aliphatic rings. The van der Waals surface area contributed by atoms with Crippen molar-refractivity contribution < 1.29 is 8.83 Å². The van der Waals surface area contributed by atoms with Crippen LogP contribution in [0.4, 0.5) is 0 Å². The van der Waals surface area contributed by atoms with E-state index in [1.807, 2.05) is 18.2 Å². The predicted molar refractivity (Wildman–Crippen MR) is 227 cm³/mol. The van der Waals surface area contributed by atoms with Gasteiger partial charge in [-0.2, -0.15) is 0 Å². The molecular formula is C51H32N2O2. The lowest BCUT2D eigenvalue weighted by Crippen LogP contribution is -1.99. The first-order valence-corrected chi connectivity index (χ1v) is 18.9. The van der Waals surface area contributed by atoms with Crippen LogP contribution in [-0.2, 0) is 6.42 Å². The van der Waals surface area contributed by atoms with Crippen molar-refractivity contribution in [2.45, 2.75) is 12.8 Å². The van der Waals surface area contributed by atoms with Crippen molar-refractivity contribution in [3.8, 4) is 39.4 Å². The highest BCUT2D eigenvalue weighted by molar-refractivity contribution is 6.20. The lowest BCUT2D eigenvalue weighted by molar-refractivity contribution is 0.620. The summed E-state index contributed by atoms with van der Waals surface area (Å²) in [6, 6.07) is 56.1.